The predicted molar refractivity (Wildman–Crippen MR) is 75.6 cm³/mol. The molecule has 108 valence electrons. The first kappa shape index (κ1) is 15.2. The van der Waals surface area contributed by atoms with Gasteiger partial charge in [0.05, 0.1) is 22.5 Å². The van der Waals surface area contributed by atoms with Crippen LogP contribution >= 0.6 is 23.2 Å². The number of anilines is 1. The van der Waals surface area contributed by atoms with E-state index >= 15 is 0 Å². The molecule has 0 atom stereocenters. The second-order valence-corrected chi connectivity index (χ2v) is 4.68. The van der Waals surface area contributed by atoms with Crippen molar-refractivity contribution in [1.29, 1.82) is 0 Å². The van der Waals surface area contributed by atoms with Gasteiger partial charge >= 0.3 is 5.97 Å². The smallest absolute Gasteiger partial charge is 0.339 e. The van der Waals surface area contributed by atoms with Crippen molar-refractivity contribution >= 4 is 40.8 Å². The van der Waals surface area contributed by atoms with Crippen LogP contribution in [0.1, 0.15) is 20.7 Å². The molecule has 0 aliphatic rings. The SMILES string of the molecule is O=C(Nc1cccc(Cl)c1C(=O)O)c1cc(F)cnc1Cl. The average Bonchev–Trinajstić information content (AvgIpc) is 2.41. The standard InChI is InChI=1S/C13H7Cl2FN2O3/c14-8-2-1-3-9(10(8)13(20)21)18-12(19)7-4-6(16)5-17-11(7)15/h1-5H,(H,18,19)(H,20,21). The van der Waals surface area contributed by atoms with Crippen LogP contribution in [0.15, 0.2) is 30.5 Å². The Kier molecular flexibility index (Phi) is 4.40. The second kappa shape index (κ2) is 6.07. The molecule has 2 rings (SSSR count). The van der Waals surface area contributed by atoms with Gasteiger partial charge in [0.2, 0.25) is 0 Å². The lowest BCUT2D eigenvalue weighted by atomic mass is 10.1. The van der Waals surface area contributed by atoms with Crippen LogP contribution in [0.4, 0.5) is 10.1 Å². The Morgan fingerprint density at radius 1 is 1.29 bits per heavy atom. The Labute approximate surface area is 128 Å². The largest absolute Gasteiger partial charge is 0.478 e. The molecule has 2 aromatic rings. The molecule has 21 heavy (non-hydrogen) atoms. The van der Waals surface area contributed by atoms with Gasteiger partial charge < -0.3 is 10.4 Å². The Morgan fingerprint density at radius 2 is 2.00 bits per heavy atom. The van der Waals surface area contributed by atoms with Gasteiger partial charge in [-0.05, 0) is 18.2 Å². The Hall–Kier alpha value is -2.18. The number of halogens is 3. The fraction of sp³-hybridized carbons (Fsp3) is 0. The van der Waals surface area contributed by atoms with E-state index in [4.69, 9.17) is 28.3 Å². The number of carbonyl (C=O) groups excluding carboxylic acids is 1. The summed E-state index contributed by atoms with van der Waals surface area (Å²) in [4.78, 5) is 26.7. The Morgan fingerprint density at radius 3 is 2.67 bits per heavy atom. The van der Waals surface area contributed by atoms with Crippen molar-refractivity contribution in [1.82, 2.24) is 4.98 Å². The van der Waals surface area contributed by atoms with Gasteiger partial charge in [0.15, 0.2) is 0 Å². The quantitative estimate of drug-likeness (QED) is 0.845. The van der Waals surface area contributed by atoms with Gasteiger partial charge in [-0.3, -0.25) is 4.79 Å². The molecule has 2 N–H and O–H groups in total. The number of pyridine rings is 1. The third-order valence-electron chi connectivity index (χ3n) is 2.53. The number of nitrogens with zero attached hydrogens (tertiary/aromatic N) is 1. The highest BCUT2D eigenvalue weighted by Crippen LogP contribution is 2.25. The molecule has 0 unspecified atom stereocenters. The highest BCUT2D eigenvalue weighted by molar-refractivity contribution is 6.35. The molecule has 0 radical (unpaired) electrons. The van der Waals surface area contributed by atoms with Crippen LogP contribution in [0.5, 0.6) is 0 Å². The lowest BCUT2D eigenvalue weighted by Crippen LogP contribution is -2.16. The molecule has 0 spiro atoms. The van der Waals surface area contributed by atoms with Crippen molar-refractivity contribution in [3.8, 4) is 0 Å². The number of carboxylic acid groups (broad SMARTS) is 1. The van der Waals surface area contributed by atoms with E-state index in [1.54, 1.807) is 0 Å². The maximum absolute atomic E-state index is 13.1. The molecule has 1 aromatic carbocycles. The first-order valence-electron chi connectivity index (χ1n) is 5.54. The number of benzene rings is 1. The summed E-state index contributed by atoms with van der Waals surface area (Å²) in [5.41, 5.74) is -0.513. The minimum absolute atomic E-state index is 0.0275. The highest BCUT2D eigenvalue weighted by Gasteiger charge is 2.19. The molecular weight excluding hydrogens is 322 g/mol. The van der Waals surface area contributed by atoms with Crippen molar-refractivity contribution < 1.29 is 19.1 Å². The van der Waals surface area contributed by atoms with E-state index in [-0.39, 0.29) is 27.0 Å². The molecule has 0 saturated heterocycles. The molecule has 0 saturated carbocycles. The van der Waals surface area contributed by atoms with E-state index in [9.17, 15) is 14.0 Å². The molecular formula is C13H7Cl2FN2O3. The number of hydrogen-bond donors (Lipinski definition) is 2. The monoisotopic (exact) mass is 328 g/mol. The summed E-state index contributed by atoms with van der Waals surface area (Å²) in [6, 6.07) is 5.09. The van der Waals surface area contributed by atoms with Gasteiger partial charge in [-0.2, -0.15) is 0 Å². The van der Waals surface area contributed by atoms with Crippen molar-refractivity contribution in [3.05, 3.63) is 57.6 Å². The zero-order valence-corrected chi connectivity index (χ0v) is 11.7. The summed E-state index contributed by atoms with van der Waals surface area (Å²) < 4.78 is 13.1. The molecule has 0 fully saturated rings. The van der Waals surface area contributed by atoms with Gasteiger partial charge in [-0.1, -0.05) is 29.3 Å². The van der Waals surface area contributed by atoms with Gasteiger partial charge in [-0.25, -0.2) is 14.2 Å². The van der Waals surface area contributed by atoms with Crippen LogP contribution in [0.3, 0.4) is 0 Å². The number of aromatic carboxylic acids is 1. The lowest BCUT2D eigenvalue weighted by Gasteiger charge is -2.10. The van der Waals surface area contributed by atoms with E-state index in [0.717, 1.165) is 12.3 Å². The van der Waals surface area contributed by atoms with Crippen molar-refractivity contribution in [2.75, 3.05) is 5.32 Å². The third kappa shape index (κ3) is 3.29. The zero-order chi connectivity index (χ0) is 15.6. The van der Waals surface area contributed by atoms with E-state index in [1.807, 2.05) is 0 Å². The van der Waals surface area contributed by atoms with E-state index in [0.29, 0.717) is 0 Å². The summed E-state index contributed by atoms with van der Waals surface area (Å²) in [6.07, 6.45) is 0.862. The van der Waals surface area contributed by atoms with Gasteiger partial charge in [-0.15, -0.1) is 0 Å². The van der Waals surface area contributed by atoms with Crippen molar-refractivity contribution in [2.45, 2.75) is 0 Å². The van der Waals surface area contributed by atoms with Crippen LogP contribution in [0.2, 0.25) is 10.2 Å². The maximum atomic E-state index is 13.1. The lowest BCUT2D eigenvalue weighted by molar-refractivity contribution is 0.0698. The molecule has 1 heterocycles. The Balaban J connectivity index is 2.39. The van der Waals surface area contributed by atoms with Crippen LogP contribution in [0.25, 0.3) is 0 Å². The number of carbonyl (C=O) groups is 2. The summed E-state index contributed by atoms with van der Waals surface area (Å²) >= 11 is 11.5. The molecule has 0 aliphatic heterocycles. The number of nitrogens with one attached hydrogen (secondary N) is 1. The fourth-order valence-corrected chi connectivity index (χ4v) is 2.06. The average molecular weight is 329 g/mol. The van der Waals surface area contributed by atoms with E-state index < -0.39 is 17.7 Å². The first-order valence-corrected chi connectivity index (χ1v) is 6.30. The Bertz CT molecular complexity index is 737. The van der Waals surface area contributed by atoms with E-state index in [2.05, 4.69) is 10.3 Å². The normalized spacial score (nSPS) is 10.2. The summed E-state index contributed by atoms with van der Waals surface area (Å²) in [6.45, 7) is 0. The number of hydrogen-bond acceptors (Lipinski definition) is 3. The second-order valence-electron chi connectivity index (χ2n) is 3.91. The molecule has 8 heteroatoms. The first-order chi connectivity index (χ1) is 9.90. The van der Waals surface area contributed by atoms with Gasteiger partial charge in [0.25, 0.3) is 5.91 Å². The molecule has 1 aromatic heterocycles. The van der Waals surface area contributed by atoms with Crippen LogP contribution in [-0.2, 0) is 0 Å². The summed E-state index contributed by atoms with van der Waals surface area (Å²) in [5, 5.41) is 11.2. The minimum atomic E-state index is -1.31. The van der Waals surface area contributed by atoms with Crippen LogP contribution < -0.4 is 5.32 Å². The van der Waals surface area contributed by atoms with Crippen molar-refractivity contribution in [3.63, 3.8) is 0 Å². The predicted octanol–water partition coefficient (Wildman–Crippen LogP) is 3.48. The minimum Gasteiger partial charge on any atom is -0.478 e. The van der Waals surface area contributed by atoms with Gasteiger partial charge in [0.1, 0.15) is 16.5 Å². The fourth-order valence-electron chi connectivity index (χ4n) is 1.62. The number of rotatable bonds is 3. The van der Waals surface area contributed by atoms with E-state index in [1.165, 1.54) is 18.2 Å². The van der Waals surface area contributed by atoms with Crippen molar-refractivity contribution in [2.24, 2.45) is 0 Å². The maximum Gasteiger partial charge on any atom is 0.339 e. The van der Waals surface area contributed by atoms with Crippen LogP contribution in [-0.4, -0.2) is 22.0 Å². The highest BCUT2D eigenvalue weighted by atomic mass is 35.5. The molecule has 1 amide bonds. The number of carboxylic acids is 1. The molecule has 5 nitrogen and oxygen atoms in total. The number of aromatic nitrogens is 1. The molecule has 0 bridgehead atoms. The number of amides is 1. The summed E-state index contributed by atoms with van der Waals surface area (Å²) in [7, 11) is 0. The van der Waals surface area contributed by atoms with Gasteiger partial charge in [0, 0.05) is 0 Å². The van der Waals surface area contributed by atoms with Crippen LogP contribution in [0, 0.1) is 5.82 Å². The third-order valence-corrected chi connectivity index (χ3v) is 3.14. The molecule has 0 aliphatic carbocycles. The zero-order valence-electron chi connectivity index (χ0n) is 10.2. The summed E-state index contributed by atoms with van der Waals surface area (Å²) in [5.74, 6) is -2.84. The topological polar surface area (TPSA) is 79.3 Å².